The zero-order valence-electron chi connectivity index (χ0n) is 10.3. The molecule has 0 aromatic carbocycles. The Labute approximate surface area is 118 Å². The van der Waals surface area contributed by atoms with Crippen molar-refractivity contribution < 1.29 is 18.3 Å². The molecule has 3 nitrogen and oxygen atoms in total. The van der Waals surface area contributed by atoms with Crippen molar-refractivity contribution in [1.82, 2.24) is 9.97 Å². The maximum Gasteiger partial charge on any atom is 0.433 e. The Morgan fingerprint density at radius 1 is 1.15 bits per heavy atom. The molecular weight excluding hydrogens is 293 g/mol. The van der Waals surface area contributed by atoms with E-state index in [1.165, 1.54) is 0 Å². The highest BCUT2D eigenvalue weighted by atomic mass is 35.5. The fourth-order valence-electron chi connectivity index (χ4n) is 1.68. The number of aliphatic hydroxyl groups excluding tert-OH is 1. The van der Waals surface area contributed by atoms with Gasteiger partial charge in [-0.05, 0) is 25.1 Å². The third-order valence-electron chi connectivity index (χ3n) is 2.65. The van der Waals surface area contributed by atoms with Crippen molar-refractivity contribution in [1.29, 1.82) is 0 Å². The molecule has 2 aromatic rings. The van der Waals surface area contributed by atoms with Crippen molar-refractivity contribution in [3.05, 3.63) is 58.1 Å². The highest BCUT2D eigenvalue weighted by Gasteiger charge is 2.33. The van der Waals surface area contributed by atoms with Crippen molar-refractivity contribution in [2.45, 2.75) is 19.2 Å². The molecule has 1 unspecified atom stereocenters. The quantitative estimate of drug-likeness (QED) is 0.863. The molecule has 0 fully saturated rings. The smallest absolute Gasteiger partial charge is 0.382 e. The van der Waals surface area contributed by atoms with Gasteiger partial charge in [0.15, 0.2) is 0 Å². The maximum atomic E-state index is 12.5. The summed E-state index contributed by atoms with van der Waals surface area (Å²) in [5, 5.41) is 9.73. The van der Waals surface area contributed by atoms with Crippen molar-refractivity contribution in [3.63, 3.8) is 0 Å². The van der Waals surface area contributed by atoms with E-state index >= 15 is 0 Å². The number of halogens is 4. The average Bonchev–Trinajstić information content (AvgIpc) is 2.36. The van der Waals surface area contributed by atoms with Gasteiger partial charge in [0, 0.05) is 11.3 Å². The summed E-state index contributed by atoms with van der Waals surface area (Å²) in [7, 11) is 0. The van der Waals surface area contributed by atoms with Gasteiger partial charge >= 0.3 is 6.18 Å². The molecule has 1 N–H and O–H groups in total. The first kappa shape index (κ1) is 14.7. The van der Waals surface area contributed by atoms with E-state index in [0.29, 0.717) is 11.4 Å². The van der Waals surface area contributed by atoms with E-state index in [2.05, 4.69) is 9.97 Å². The number of aromatic nitrogens is 2. The second kappa shape index (κ2) is 5.38. The van der Waals surface area contributed by atoms with Crippen LogP contribution in [0.15, 0.2) is 30.3 Å². The Morgan fingerprint density at radius 3 is 2.40 bits per heavy atom. The lowest BCUT2D eigenvalue weighted by Crippen LogP contribution is -2.11. The van der Waals surface area contributed by atoms with E-state index < -0.39 is 23.1 Å². The molecule has 0 saturated carbocycles. The second-order valence-electron chi connectivity index (χ2n) is 4.18. The predicted octanol–water partition coefficient (Wildman–Crippen LogP) is 3.54. The number of nitrogens with zero attached hydrogens (tertiary/aromatic N) is 2. The molecule has 0 saturated heterocycles. The molecule has 7 heteroatoms. The monoisotopic (exact) mass is 302 g/mol. The molecule has 0 spiro atoms. The number of pyridine rings is 2. The van der Waals surface area contributed by atoms with Gasteiger partial charge in [-0.25, -0.2) is 4.98 Å². The van der Waals surface area contributed by atoms with Crippen LogP contribution in [0.3, 0.4) is 0 Å². The van der Waals surface area contributed by atoms with E-state index in [0.717, 1.165) is 12.1 Å². The minimum Gasteiger partial charge on any atom is -0.382 e. The van der Waals surface area contributed by atoms with Crippen LogP contribution in [0.1, 0.15) is 28.7 Å². The first-order valence-corrected chi connectivity index (χ1v) is 6.02. The summed E-state index contributed by atoms with van der Waals surface area (Å²) in [4.78, 5) is 7.37. The molecule has 2 aromatic heterocycles. The van der Waals surface area contributed by atoms with E-state index in [9.17, 15) is 18.3 Å². The summed E-state index contributed by atoms with van der Waals surface area (Å²) < 4.78 is 37.4. The van der Waals surface area contributed by atoms with Crippen LogP contribution >= 0.6 is 11.6 Å². The van der Waals surface area contributed by atoms with Crippen LogP contribution < -0.4 is 0 Å². The van der Waals surface area contributed by atoms with Crippen LogP contribution in [0, 0.1) is 6.92 Å². The standard InChI is InChI=1S/C13H10ClF3N2O/c1-7-3-2-4-9(18-7)11(20)8-5-6-10(13(15,16)17)19-12(8)14/h2-6,11,20H,1H3. The zero-order chi connectivity index (χ0) is 14.9. The molecule has 2 rings (SSSR count). The second-order valence-corrected chi connectivity index (χ2v) is 4.54. The van der Waals surface area contributed by atoms with Gasteiger partial charge in [-0.15, -0.1) is 0 Å². The lowest BCUT2D eigenvalue weighted by Gasteiger charge is -2.14. The average molecular weight is 303 g/mol. The van der Waals surface area contributed by atoms with Gasteiger partial charge in [-0.1, -0.05) is 23.7 Å². The molecule has 0 amide bonds. The molecule has 20 heavy (non-hydrogen) atoms. The summed E-state index contributed by atoms with van der Waals surface area (Å²) >= 11 is 5.72. The van der Waals surface area contributed by atoms with E-state index in [-0.39, 0.29) is 5.56 Å². The van der Waals surface area contributed by atoms with Crippen molar-refractivity contribution in [3.8, 4) is 0 Å². The minimum atomic E-state index is -4.57. The number of hydrogen-bond donors (Lipinski definition) is 1. The summed E-state index contributed by atoms with van der Waals surface area (Å²) in [6.45, 7) is 1.74. The van der Waals surface area contributed by atoms with Crippen LogP contribution in [-0.4, -0.2) is 15.1 Å². The first-order chi connectivity index (χ1) is 9.29. The number of aliphatic hydroxyl groups is 1. The van der Waals surface area contributed by atoms with Crippen molar-refractivity contribution >= 4 is 11.6 Å². The molecule has 1 atom stereocenters. The minimum absolute atomic E-state index is 0.0813. The van der Waals surface area contributed by atoms with Crippen molar-refractivity contribution in [2.24, 2.45) is 0 Å². The fourth-order valence-corrected chi connectivity index (χ4v) is 1.94. The highest BCUT2D eigenvalue weighted by Crippen LogP contribution is 2.32. The summed E-state index contributed by atoms with van der Waals surface area (Å²) in [5.41, 5.74) is -0.0422. The Morgan fingerprint density at radius 2 is 1.85 bits per heavy atom. The molecule has 0 aliphatic carbocycles. The van der Waals surface area contributed by atoms with Crippen molar-refractivity contribution in [2.75, 3.05) is 0 Å². The normalized spacial score (nSPS) is 13.3. The van der Waals surface area contributed by atoms with Gasteiger partial charge < -0.3 is 5.11 Å². The number of hydrogen-bond acceptors (Lipinski definition) is 3. The fraction of sp³-hybridized carbons (Fsp3) is 0.231. The third-order valence-corrected chi connectivity index (χ3v) is 2.96. The highest BCUT2D eigenvalue weighted by molar-refractivity contribution is 6.30. The number of alkyl halides is 3. The zero-order valence-corrected chi connectivity index (χ0v) is 11.1. The molecular formula is C13H10ClF3N2O. The van der Waals surface area contributed by atoms with Crippen LogP contribution in [-0.2, 0) is 6.18 Å². The maximum absolute atomic E-state index is 12.5. The molecule has 0 radical (unpaired) electrons. The van der Waals surface area contributed by atoms with Gasteiger partial charge in [0.05, 0.1) is 5.69 Å². The largest absolute Gasteiger partial charge is 0.433 e. The van der Waals surface area contributed by atoms with E-state index in [1.807, 2.05) is 0 Å². The number of aryl methyl sites for hydroxylation is 1. The molecule has 106 valence electrons. The Bertz CT molecular complexity index is 631. The van der Waals surface area contributed by atoms with Gasteiger partial charge in [0.1, 0.15) is 17.0 Å². The Kier molecular flexibility index (Phi) is 3.96. The van der Waals surface area contributed by atoms with Crippen LogP contribution in [0.5, 0.6) is 0 Å². The molecule has 0 bridgehead atoms. The van der Waals surface area contributed by atoms with E-state index in [1.54, 1.807) is 25.1 Å². The molecule has 0 aliphatic rings. The molecule has 0 aliphatic heterocycles. The Balaban J connectivity index is 2.38. The Hall–Kier alpha value is -1.66. The summed E-state index contributed by atoms with van der Waals surface area (Å²) in [5.74, 6) is 0. The van der Waals surface area contributed by atoms with Crippen LogP contribution in [0.25, 0.3) is 0 Å². The first-order valence-electron chi connectivity index (χ1n) is 5.64. The van der Waals surface area contributed by atoms with Gasteiger partial charge in [-0.2, -0.15) is 13.2 Å². The van der Waals surface area contributed by atoms with Gasteiger partial charge in [-0.3, -0.25) is 4.98 Å². The lowest BCUT2D eigenvalue weighted by atomic mass is 10.1. The summed E-state index contributed by atoms with van der Waals surface area (Å²) in [6.07, 6.45) is -5.80. The number of rotatable bonds is 2. The van der Waals surface area contributed by atoms with Crippen LogP contribution in [0.2, 0.25) is 5.15 Å². The van der Waals surface area contributed by atoms with Gasteiger partial charge in [0.25, 0.3) is 0 Å². The summed E-state index contributed by atoms with van der Waals surface area (Å²) in [6, 6.07) is 6.87. The lowest BCUT2D eigenvalue weighted by molar-refractivity contribution is -0.141. The topological polar surface area (TPSA) is 46.0 Å². The SMILES string of the molecule is Cc1cccc(C(O)c2ccc(C(F)(F)F)nc2Cl)n1. The predicted molar refractivity (Wildman–Crippen MR) is 67.3 cm³/mol. The third kappa shape index (κ3) is 3.08. The van der Waals surface area contributed by atoms with E-state index in [4.69, 9.17) is 11.6 Å². The molecule has 2 heterocycles. The van der Waals surface area contributed by atoms with Gasteiger partial charge in [0.2, 0.25) is 0 Å². The van der Waals surface area contributed by atoms with Crippen LogP contribution in [0.4, 0.5) is 13.2 Å².